The molecule has 0 aliphatic carbocycles. The van der Waals surface area contributed by atoms with Crippen molar-refractivity contribution in [1.29, 1.82) is 0 Å². The molecule has 158 valence electrons. The third-order valence-electron chi connectivity index (χ3n) is 5.09. The molecule has 0 saturated heterocycles. The molecular weight excluding hydrogens is 386 g/mol. The van der Waals surface area contributed by atoms with Gasteiger partial charge in [-0.25, -0.2) is 8.42 Å². The molecule has 0 unspecified atom stereocenters. The monoisotopic (exact) mass is 417 g/mol. The Labute approximate surface area is 174 Å². The van der Waals surface area contributed by atoms with Gasteiger partial charge in [0.2, 0.25) is 15.9 Å². The van der Waals surface area contributed by atoms with Crippen molar-refractivity contribution in [1.82, 2.24) is 9.21 Å². The Bertz CT molecular complexity index is 926. The molecule has 0 saturated carbocycles. The van der Waals surface area contributed by atoms with Crippen molar-refractivity contribution in [3.8, 4) is 0 Å². The van der Waals surface area contributed by atoms with Gasteiger partial charge in [0.15, 0.2) is 0 Å². The van der Waals surface area contributed by atoms with Gasteiger partial charge < -0.3 is 5.32 Å². The highest BCUT2D eigenvalue weighted by Gasteiger charge is 2.25. The van der Waals surface area contributed by atoms with Crippen LogP contribution in [0.2, 0.25) is 0 Å². The van der Waals surface area contributed by atoms with Crippen LogP contribution in [0.15, 0.2) is 53.4 Å². The minimum absolute atomic E-state index is 0.182. The number of sulfonamides is 1. The highest BCUT2D eigenvalue weighted by molar-refractivity contribution is 7.89. The Morgan fingerprint density at radius 2 is 1.69 bits per heavy atom. The van der Waals surface area contributed by atoms with Gasteiger partial charge >= 0.3 is 0 Å². The van der Waals surface area contributed by atoms with Crippen molar-refractivity contribution in [2.24, 2.45) is 0 Å². The summed E-state index contributed by atoms with van der Waals surface area (Å²) in [6.45, 7) is 8.66. The molecule has 0 bridgehead atoms. The zero-order valence-corrected chi connectivity index (χ0v) is 18.7. The summed E-state index contributed by atoms with van der Waals surface area (Å²) < 4.78 is 27.2. The molecule has 1 atom stereocenters. The van der Waals surface area contributed by atoms with Crippen molar-refractivity contribution in [3.63, 3.8) is 0 Å². The summed E-state index contributed by atoms with van der Waals surface area (Å²) in [5.74, 6) is -0.182. The van der Waals surface area contributed by atoms with Crippen LogP contribution in [0.1, 0.15) is 31.9 Å². The third kappa shape index (κ3) is 5.65. The number of rotatable bonds is 9. The summed E-state index contributed by atoms with van der Waals surface area (Å²) >= 11 is 0. The van der Waals surface area contributed by atoms with Crippen LogP contribution in [0.3, 0.4) is 0 Å². The van der Waals surface area contributed by atoms with E-state index in [-0.39, 0.29) is 16.8 Å². The highest BCUT2D eigenvalue weighted by Crippen LogP contribution is 2.24. The van der Waals surface area contributed by atoms with Gasteiger partial charge in [-0.1, -0.05) is 50.2 Å². The second kappa shape index (κ2) is 10.0. The molecule has 0 radical (unpaired) electrons. The van der Waals surface area contributed by atoms with E-state index in [0.717, 1.165) is 5.56 Å². The number of carbonyl (C=O) groups is 1. The fourth-order valence-electron chi connectivity index (χ4n) is 3.11. The summed E-state index contributed by atoms with van der Waals surface area (Å²) in [5, 5.41) is 2.86. The number of anilines is 1. The molecule has 1 N–H and O–H groups in total. The van der Waals surface area contributed by atoms with Gasteiger partial charge in [0.1, 0.15) is 0 Å². The van der Waals surface area contributed by atoms with Crippen LogP contribution in [0.4, 0.5) is 5.69 Å². The number of likely N-dealkylation sites (N-methyl/N-ethyl adjacent to an activating group) is 1. The first-order valence-corrected chi connectivity index (χ1v) is 11.3. The number of nitrogens with zero attached hydrogens (tertiary/aromatic N) is 2. The first-order valence-electron chi connectivity index (χ1n) is 9.86. The molecular formula is C22H31N3O3S. The number of nitrogens with one attached hydrogen (secondary N) is 1. The van der Waals surface area contributed by atoms with E-state index in [1.807, 2.05) is 63.1 Å². The van der Waals surface area contributed by atoms with Crippen LogP contribution in [0.5, 0.6) is 0 Å². The maximum absolute atomic E-state index is 12.9. The number of amides is 1. The molecule has 0 heterocycles. The van der Waals surface area contributed by atoms with Gasteiger partial charge in [-0.3, -0.25) is 9.69 Å². The van der Waals surface area contributed by atoms with Gasteiger partial charge in [-0.2, -0.15) is 4.31 Å². The molecule has 1 amide bonds. The summed E-state index contributed by atoms with van der Waals surface area (Å²) in [6, 6.07) is 14.6. The largest absolute Gasteiger partial charge is 0.325 e. The van der Waals surface area contributed by atoms with Crippen LogP contribution in [0, 0.1) is 6.92 Å². The Kier molecular flexibility index (Phi) is 7.96. The smallest absolute Gasteiger partial charge is 0.243 e. The van der Waals surface area contributed by atoms with E-state index in [2.05, 4.69) is 5.32 Å². The second-order valence-corrected chi connectivity index (χ2v) is 9.04. The van der Waals surface area contributed by atoms with Gasteiger partial charge in [-0.15, -0.1) is 0 Å². The Balaban J connectivity index is 2.16. The molecule has 2 aromatic rings. The van der Waals surface area contributed by atoms with Crippen molar-refractivity contribution < 1.29 is 13.2 Å². The van der Waals surface area contributed by atoms with E-state index < -0.39 is 10.0 Å². The fraction of sp³-hybridized carbons (Fsp3) is 0.409. The van der Waals surface area contributed by atoms with E-state index in [1.165, 1.54) is 4.31 Å². The summed E-state index contributed by atoms with van der Waals surface area (Å²) in [6.07, 6.45) is 0. The summed E-state index contributed by atoms with van der Waals surface area (Å²) in [7, 11) is -1.70. The molecule has 0 spiro atoms. The minimum Gasteiger partial charge on any atom is -0.325 e. The molecule has 0 aromatic heterocycles. The van der Waals surface area contributed by atoms with Gasteiger partial charge in [0, 0.05) is 25.3 Å². The number of carbonyl (C=O) groups excluding carboxylic acids is 1. The number of aryl methyl sites for hydroxylation is 1. The van der Waals surface area contributed by atoms with Crippen molar-refractivity contribution in [2.75, 3.05) is 25.5 Å². The minimum atomic E-state index is -3.60. The lowest BCUT2D eigenvalue weighted by Crippen LogP contribution is -2.39. The van der Waals surface area contributed by atoms with E-state index >= 15 is 0 Å². The number of hydrogen-bond acceptors (Lipinski definition) is 4. The lowest BCUT2D eigenvalue weighted by atomic mass is 10.2. The first kappa shape index (κ1) is 23.1. The molecule has 0 aliphatic heterocycles. The Morgan fingerprint density at radius 3 is 2.28 bits per heavy atom. The lowest BCUT2D eigenvalue weighted by Gasteiger charge is -2.24. The standard InChI is InChI=1S/C22H31N3O3S/c1-6-25(7-2)29(27,28)21-15-20(14-13-17(21)3)23-22(26)18(4)24(5)16-19-11-9-8-10-12-19/h8-15,18H,6-7,16H2,1-5H3,(H,23,26)/t18-/m1/s1. The van der Waals surface area contributed by atoms with Crippen molar-refractivity contribution in [3.05, 3.63) is 59.7 Å². The topological polar surface area (TPSA) is 69.7 Å². The quantitative estimate of drug-likeness (QED) is 0.678. The van der Waals surface area contributed by atoms with Crippen molar-refractivity contribution in [2.45, 2.75) is 45.2 Å². The SMILES string of the molecule is CCN(CC)S(=O)(=O)c1cc(NC(=O)[C@@H](C)N(C)Cc2ccccc2)ccc1C. The lowest BCUT2D eigenvalue weighted by molar-refractivity contribution is -0.120. The van der Waals surface area contributed by atoms with Crippen LogP contribution in [-0.4, -0.2) is 49.7 Å². The maximum atomic E-state index is 12.9. The molecule has 2 aromatic carbocycles. The maximum Gasteiger partial charge on any atom is 0.243 e. The first-order chi connectivity index (χ1) is 13.7. The summed E-state index contributed by atoms with van der Waals surface area (Å²) in [5.41, 5.74) is 2.26. The van der Waals surface area contributed by atoms with Crippen LogP contribution in [0.25, 0.3) is 0 Å². The predicted molar refractivity (Wildman–Crippen MR) is 117 cm³/mol. The number of benzene rings is 2. The highest BCUT2D eigenvalue weighted by atomic mass is 32.2. The fourth-order valence-corrected chi connectivity index (χ4v) is 4.82. The van der Waals surface area contributed by atoms with Gasteiger partial charge in [0.05, 0.1) is 10.9 Å². The van der Waals surface area contributed by atoms with Gasteiger partial charge in [-0.05, 0) is 44.2 Å². The molecule has 6 nitrogen and oxygen atoms in total. The second-order valence-electron chi connectivity index (χ2n) is 7.14. The average molecular weight is 418 g/mol. The molecule has 7 heteroatoms. The zero-order chi connectivity index (χ0) is 21.6. The average Bonchev–Trinajstić information content (AvgIpc) is 2.70. The molecule has 2 rings (SSSR count). The molecule has 0 fully saturated rings. The van der Waals surface area contributed by atoms with E-state index in [4.69, 9.17) is 0 Å². The van der Waals surface area contributed by atoms with E-state index in [1.54, 1.807) is 25.1 Å². The zero-order valence-electron chi connectivity index (χ0n) is 17.8. The number of hydrogen-bond donors (Lipinski definition) is 1. The Hall–Kier alpha value is -2.22. The van der Waals surface area contributed by atoms with Gasteiger partial charge in [0.25, 0.3) is 0 Å². The predicted octanol–water partition coefficient (Wildman–Crippen LogP) is 3.48. The van der Waals surface area contributed by atoms with E-state index in [0.29, 0.717) is 30.9 Å². The van der Waals surface area contributed by atoms with Crippen molar-refractivity contribution >= 4 is 21.6 Å². The molecule has 29 heavy (non-hydrogen) atoms. The van der Waals surface area contributed by atoms with Crippen LogP contribution in [-0.2, 0) is 21.4 Å². The van der Waals surface area contributed by atoms with Crippen LogP contribution >= 0.6 is 0 Å². The van der Waals surface area contributed by atoms with Crippen LogP contribution < -0.4 is 5.32 Å². The normalized spacial score (nSPS) is 12.9. The Morgan fingerprint density at radius 1 is 1.07 bits per heavy atom. The summed E-state index contributed by atoms with van der Waals surface area (Å²) in [4.78, 5) is 14.9. The third-order valence-corrected chi connectivity index (χ3v) is 7.29. The molecule has 0 aliphatic rings. The van der Waals surface area contributed by atoms with E-state index in [9.17, 15) is 13.2 Å².